The maximum absolute atomic E-state index is 13.0. The molecule has 0 aromatic heterocycles. The van der Waals surface area contributed by atoms with Crippen molar-refractivity contribution in [3.63, 3.8) is 0 Å². The number of hydrogen-bond acceptors (Lipinski definition) is 5. The van der Waals surface area contributed by atoms with Crippen LogP contribution in [0.5, 0.6) is 0 Å². The average molecular weight is 401 g/mol. The minimum atomic E-state index is -0.714. The molecule has 5 nitrogen and oxygen atoms in total. The van der Waals surface area contributed by atoms with Crippen LogP contribution in [0.3, 0.4) is 0 Å². The van der Waals surface area contributed by atoms with Gasteiger partial charge in [-0.2, -0.15) is 5.10 Å². The molecule has 1 N–H and O–H groups in total. The van der Waals surface area contributed by atoms with Crippen LogP contribution in [-0.2, 0) is 9.53 Å². The van der Waals surface area contributed by atoms with Crippen LogP contribution in [0.25, 0.3) is 0 Å². The lowest BCUT2D eigenvalue weighted by Gasteiger charge is -2.19. The molecule has 2 aromatic rings. The van der Waals surface area contributed by atoms with Crippen LogP contribution in [0.2, 0.25) is 0 Å². The van der Waals surface area contributed by atoms with E-state index in [9.17, 15) is 9.59 Å². The second-order valence-electron chi connectivity index (χ2n) is 5.58. The summed E-state index contributed by atoms with van der Waals surface area (Å²) in [5.74, 6) is -1.13. The number of esters is 1. The summed E-state index contributed by atoms with van der Waals surface area (Å²) in [6.07, 6.45) is 0. The van der Waals surface area contributed by atoms with Gasteiger partial charge in [-0.05, 0) is 24.6 Å². The van der Waals surface area contributed by atoms with Gasteiger partial charge in [0.1, 0.15) is 5.71 Å². The van der Waals surface area contributed by atoms with E-state index in [1.807, 2.05) is 36.4 Å². The summed E-state index contributed by atoms with van der Waals surface area (Å²) in [5, 5.41) is 4.19. The van der Waals surface area contributed by atoms with E-state index < -0.39 is 17.9 Å². The Morgan fingerprint density at radius 1 is 1.16 bits per heavy atom. The Morgan fingerprint density at radius 3 is 2.60 bits per heavy atom. The molecule has 2 atom stereocenters. The van der Waals surface area contributed by atoms with E-state index in [1.54, 1.807) is 25.1 Å². The molecule has 0 radical (unpaired) electrons. The van der Waals surface area contributed by atoms with Crippen LogP contribution in [0, 0.1) is 0 Å². The Balaban J connectivity index is 1.97. The van der Waals surface area contributed by atoms with Crippen LogP contribution in [-0.4, -0.2) is 30.1 Å². The molecule has 0 saturated heterocycles. The fourth-order valence-electron chi connectivity index (χ4n) is 2.84. The minimum absolute atomic E-state index is 0.213. The van der Waals surface area contributed by atoms with Crippen LogP contribution in [0.4, 0.5) is 0 Å². The van der Waals surface area contributed by atoms with E-state index in [4.69, 9.17) is 4.74 Å². The van der Waals surface area contributed by atoms with Gasteiger partial charge < -0.3 is 4.74 Å². The molecule has 3 rings (SSSR count). The van der Waals surface area contributed by atoms with Crippen molar-refractivity contribution < 1.29 is 14.3 Å². The maximum atomic E-state index is 13.0. The van der Waals surface area contributed by atoms with Gasteiger partial charge in [-0.15, -0.1) is 0 Å². The van der Waals surface area contributed by atoms with Crippen molar-refractivity contribution in [1.82, 2.24) is 5.43 Å². The van der Waals surface area contributed by atoms with Gasteiger partial charge in [0.05, 0.1) is 12.5 Å². The van der Waals surface area contributed by atoms with Gasteiger partial charge in [0, 0.05) is 10.0 Å². The van der Waals surface area contributed by atoms with Gasteiger partial charge >= 0.3 is 5.97 Å². The van der Waals surface area contributed by atoms with Crippen LogP contribution in [0.15, 0.2) is 64.2 Å². The van der Waals surface area contributed by atoms with Crippen molar-refractivity contribution in [2.45, 2.75) is 18.9 Å². The average Bonchev–Trinajstić information content (AvgIpc) is 3.07. The summed E-state index contributed by atoms with van der Waals surface area (Å²) < 4.78 is 5.95. The lowest BCUT2D eigenvalue weighted by atomic mass is 9.85. The van der Waals surface area contributed by atoms with Crippen LogP contribution < -0.4 is 5.43 Å². The normalized spacial score (nSPS) is 19.0. The van der Waals surface area contributed by atoms with Gasteiger partial charge in [-0.3, -0.25) is 10.2 Å². The SMILES string of the molecule is CCOC(=O)C1NN=C(C(=O)c2cccc(Br)c2)C1c1ccccc1. The van der Waals surface area contributed by atoms with Crippen molar-refractivity contribution in [2.24, 2.45) is 5.10 Å². The highest BCUT2D eigenvalue weighted by molar-refractivity contribution is 9.10. The number of hydrazone groups is 1. The monoisotopic (exact) mass is 400 g/mol. The summed E-state index contributed by atoms with van der Waals surface area (Å²) in [4.78, 5) is 25.3. The molecule has 0 bridgehead atoms. The van der Waals surface area contributed by atoms with E-state index in [0.29, 0.717) is 11.3 Å². The molecule has 1 aliphatic heterocycles. The Kier molecular flexibility index (Phi) is 5.28. The standard InChI is InChI=1S/C19H17BrN2O3/c1-2-25-19(24)17-15(12-7-4-3-5-8-12)16(21-22-17)18(23)13-9-6-10-14(20)11-13/h3-11,15,17,22H,2H2,1H3. The number of rotatable bonds is 5. The summed E-state index contributed by atoms with van der Waals surface area (Å²) in [6, 6.07) is 15.8. The van der Waals surface area contributed by atoms with Crippen molar-refractivity contribution in [3.05, 3.63) is 70.2 Å². The first-order chi connectivity index (χ1) is 12.1. The maximum Gasteiger partial charge on any atom is 0.331 e. The fraction of sp³-hybridized carbons (Fsp3) is 0.211. The lowest BCUT2D eigenvalue weighted by molar-refractivity contribution is -0.145. The number of Topliss-reactive ketones (excluding diaryl/α,β-unsaturated/α-hetero) is 1. The molecule has 1 aliphatic rings. The van der Waals surface area contributed by atoms with Gasteiger partial charge in [0.25, 0.3) is 0 Å². The number of carbonyl (C=O) groups is 2. The fourth-order valence-corrected chi connectivity index (χ4v) is 3.24. The molecule has 0 amide bonds. The second kappa shape index (κ2) is 7.61. The molecular weight excluding hydrogens is 384 g/mol. The first kappa shape index (κ1) is 17.4. The number of hydrogen-bond donors (Lipinski definition) is 1. The number of nitrogens with one attached hydrogen (secondary N) is 1. The molecule has 1 heterocycles. The van der Waals surface area contributed by atoms with Crippen molar-refractivity contribution >= 4 is 33.4 Å². The van der Waals surface area contributed by atoms with E-state index in [0.717, 1.165) is 10.0 Å². The van der Waals surface area contributed by atoms with Crippen LogP contribution in [0.1, 0.15) is 28.8 Å². The predicted octanol–water partition coefficient (Wildman–Crippen LogP) is 3.31. The number of halogens is 1. The Hall–Kier alpha value is -2.47. The second-order valence-corrected chi connectivity index (χ2v) is 6.50. The first-order valence-corrected chi connectivity index (χ1v) is 8.76. The van der Waals surface area contributed by atoms with Crippen molar-refractivity contribution in [1.29, 1.82) is 0 Å². The zero-order valence-electron chi connectivity index (χ0n) is 13.6. The molecular formula is C19H17BrN2O3. The van der Waals surface area contributed by atoms with E-state index >= 15 is 0 Å². The minimum Gasteiger partial charge on any atom is -0.464 e. The third-order valence-corrected chi connectivity index (χ3v) is 4.46. The summed E-state index contributed by atoms with van der Waals surface area (Å²) in [5.41, 5.74) is 4.45. The lowest BCUT2D eigenvalue weighted by Crippen LogP contribution is -2.38. The topological polar surface area (TPSA) is 67.8 Å². The third kappa shape index (κ3) is 3.64. The number of benzene rings is 2. The number of ether oxygens (including phenoxy) is 1. The molecule has 25 heavy (non-hydrogen) atoms. The molecule has 0 spiro atoms. The van der Waals surface area contributed by atoms with E-state index in [-0.39, 0.29) is 12.4 Å². The highest BCUT2D eigenvalue weighted by atomic mass is 79.9. The molecule has 128 valence electrons. The third-order valence-electron chi connectivity index (χ3n) is 3.97. The highest BCUT2D eigenvalue weighted by Gasteiger charge is 2.41. The van der Waals surface area contributed by atoms with E-state index in [1.165, 1.54) is 0 Å². The predicted molar refractivity (Wildman–Crippen MR) is 98.6 cm³/mol. The molecule has 0 fully saturated rings. The Bertz CT molecular complexity index is 820. The summed E-state index contributed by atoms with van der Waals surface area (Å²) in [7, 11) is 0. The number of nitrogens with zero attached hydrogens (tertiary/aromatic N) is 1. The van der Waals surface area contributed by atoms with Gasteiger partial charge in [-0.1, -0.05) is 58.4 Å². The van der Waals surface area contributed by atoms with Gasteiger partial charge in [0.2, 0.25) is 5.78 Å². The molecule has 6 heteroatoms. The molecule has 0 aliphatic carbocycles. The molecule has 0 saturated carbocycles. The zero-order chi connectivity index (χ0) is 17.8. The summed E-state index contributed by atoms with van der Waals surface area (Å²) in [6.45, 7) is 2.02. The molecule has 2 unspecified atom stereocenters. The van der Waals surface area contributed by atoms with Gasteiger partial charge in [-0.25, -0.2) is 4.79 Å². The van der Waals surface area contributed by atoms with Gasteiger partial charge in [0.15, 0.2) is 6.04 Å². The Morgan fingerprint density at radius 2 is 1.92 bits per heavy atom. The van der Waals surface area contributed by atoms with Crippen LogP contribution >= 0.6 is 15.9 Å². The van der Waals surface area contributed by atoms with Crippen molar-refractivity contribution in [3.8, 4) is 0 Å². The van der Waals surface area contributed by atoms with Crippen molar-refractivity contribution in [2.75, 3.05) is 6.61 Å². The number of carbonyl (C=O) groups excluding carboxylic acids is 2. The first-order valence-electron chi connectivity index (χ1n) is 7.96. The number of ketones is 1. The smallest absolute Gasteiger partial charge is 0.331 e. The highest BCUT2D eigenvalue weighted by Crippen LogP contribution is 2.29. The quantitative estimate of drug-likeness (QED) is 0.617. The zero-order valence-corrected chi connectivity index (χ0v) is 15.2. The largest absolute Gasteiger partial charge is 0.464 e. The summed E-state index contributed by atoms with van der Waals surface area (Å²) >= 11 is 3.37. The van der Waals surface area contributed by atoms with E-state index in [2.05, 4.69) is 26.5 Å². The molecule has 2 aromatic carbocycles. The Labute approximate surface area is 154 Å².